The number of primary amides is 1. The summed E-state index contributed by atoms with van der Waals surface area (Å²) in [5.41, 5.74) is 6.25. The molecule has 2 aromatic rings. The molecule has 1 amide bonds. The van der Waals surface area contributed by atoms with E-state index in [1.807, 2.05) is 6.07 Å². The predicted octanol–water partition coefficient (Wildman–Crippen LogP) is 3.39. The van der Waals surface area contributed by atoms with Gasteiger partial charge in [-0.1, -0.05) is 34.1 Å². The maximum atomic E-state index is 11.4. The fourth-order valence-corrected chi connectivity index (χ4v) is 2.16. The van der Waals surface area contributed by atoms with Gasteiger partial charge in [-0.05, 0) is 31.2 Å². The van der Waals surface area contributed by atoms with E-state index in [2.05, 4.69) is 15.9 Å². The Morgan fingerprint density at radius 3 is 2.60 bits per heavy atom. The summed E-state index contributed by atoms with van der Waals surface area (Å²) in [6.45, 7) is 1.65. The van der Waals surface area contributed by atoms with Gasteiger partial charge in [0.2, 0.25) is 0 Å². The van der Waals surface area contributed by atoms with Crippen molar-refractivity contribution in [1.82, 2.24) is 0 Å². The monoisotopic (exact) mass is 335 g/mol. The minimum atomic E-state index is -0.682. The topological polar surface area (TPSA) is 72.6 Å². The second kappa shape index (κ2) is 6.07. The maximum Gasteiger partial charge on any atom is 0.252 e. The summed E-state index contributed by atoms with van der Waals surface area (Å²) in [7, 11) is 0. The molecule has 0 saturated heterocycles. The first-order valence-corrected chi connectivity index (χ1v) is 6.82. The van der Waals surface area contributed by atoms with Gasteiger partial charge in [-0.2, -0.15) is 0 Å². The summed E-state index contributed by atoms with van der Waals surface area (Å²) in [5, 5.41) is 9.76. The highest BCUT2D eigenvalue weighted by molar-refractivity contribution is 9.10. The summed E-state index contributed by atoms with van der Waals surface area (Å²) in [4.78, 5) is 11.4. The molecule has 0 heterocycles. The van der Waals surface area contributed by atoms with E-state index in [-0.39, 0.29) is 0 Å². The number of rotatable bonds is 4. The molecule has 3 N–H and O–H groups in total. The Hall–Kier alpha value is -1.85. The highest BCUT2D eigenvalue weighted by Gasteiger charge is 2.14. The van der Waals surface area contributed by atoms with Gasteiger partial charge in [0.1, 0.15) is 11.5 Å². The first-order valence-electron chi connectivity index (χ1n) is 6.03. The largest absolute Gasteiger partial charge is 0.456 e. The number of ether oxygens (including phenoxy) is 1. The second-order valence-corrected chi connectivity index (χ2v) is 5.24. The van der Waals surface area contributed by atoms with E-state index in [9.17, 15) is 9.90 Å². The molecule has 0 bridgehead atoms. The van der Waals surface area contributed by atoms with Crippen LogP contribution in [0, 0.1) is 0 Å². The molecule has 0 fully saturated rings. The summed E-state index contributed by atoms with van der Waals surface area (Å²) < 4.78 is 6.57. The molecule has 0 aromatic heterocycles. The molecule has 2 rings (SSSR count). The number of nitrogens with two attached hydrogens (primary N) is 1. The molecule has 20 heavy (non-hydrogen) atoms. The molecule has 1 atom stereocenters. The number of carbonyl (C=O) groups is 1. The zero-order valence-corrected chi connectivity index (χ0v) is 12.4. The lowest BCUT2D eigenvalue weighted by atomic mass is 10.1. The van der Waals surface area contributed by atoms with Crippen molar-refractivity contribution in [3.63, 3.8) is 0 Å². The molecule has 0 aliphatic carbocycles. The fraction of sp³-hybridized carbons (Fsp3) is 0.133. The van der Waals surface area contributed by atoms with Crippen LogP contribution in [0.25, 0.3) is 0 Å². The SMILES string of the molecule is CC(O)c1ccc(Br)cc1Oc1ccccc1C(N)=O. The van der Waals surface area contributed by atoms with Crippen LogP contribution in [-0.2, 0) is 0 Å². The van der Waals surface area contributed by atoms with Gasteiger partial charge in [-0.3, -0.25) is 4.79 Å². The Kier molecular flexibility index (Phi) is 4.42. The molecule has 104 valence electrons. The van der Waals surface area contributed by atoms with Crippen molar-refractivity contribution in [2.24, 2.45) is 5.73 Å². The lowest BCUT2D eigenvalue weighted by Gasteiger charge is -2.15. The molecule has 0 saturated carbocycles. The summed E-state index contributed by atoms with van der Waals surface area (Å²) in [5.74, 6) is 0.275. The lowest BCUT2D eigenvalue weighted by molar-refractivity contribution is 0.0998. The smallest absolute Gasteiger partial charge is 0.252 e. The van der Waals surface area contributed by atoms with Gasteiger partial charge < -0.3 is 15.6 Å². The molecule has 1 unspecified atom stereocenters. The minimum Gasteiger partial charge on any atom is -0.456 e. The van der Waals surface area contributed by atoms with Gasteiger partial charge in [0, 0.05) is 10.0 Å². The van der Waals surface area contributed by atoms with E-state index in [0.717, 1.165) is 4.47 Å². The number of hydrogen-bond acceptors (Lipinski definition) is 3. The number of amides is 1. The molecular weight excluding hydrogens is 322 g/mol. The van der Waals surface area contributed by atoms with Gasteiger partial charge in [0.25, 0.3) is 5.91 Å². The van der Waals surface area contributed by atoms with Gasteiger partial charge in [-0.25, -0.2) is 0 Å². The third kappa shape index (κ3) is 3.18. The van der Waals surface area contributed by atoms with Crippen molar-refractivity contribution in [3.8, 4) is 11.5 Å². The van der Waals surface area contributed by atoms with E-state index in [1.54, 1.807) is 43.3 Å². The van der Waals surface area contributed by atoms with Crippen LogP contribution >= 0.6 is 15.9 Å². The van der Waals surface area contributed by atoms with Gasteiger partial charge in [0.05, 0.1) is 11.7 Å². The quantitative estimate of drug-likeness (QED) is 0.899. The molecule has 0 aliphatic heterocycles. The van der Waals surface area contributed by atoms with Crippen LogP contribution in [-0.4, -0.2) is 11.0 Å². The second-order valence-electron chi connectivity index (χ2n) is 4.32. The number of aliphatic hydroxyl groups is 1. The molecule has 0 spiro atoms. The van der Waals surface area contributed by atoms with E-state index < -0.39 is 12.0 Å². The zero-order chi connectivity index (χ0) is 14.7. The average Bonchev–Trinajstić information content (AvgIpc) is 2.38. The molecule has 2 aromatic carbocycles. The number of para-hydroxylation sites is 1. The summed E-state index contributed by atoms with van der Waals surface area (Å²) >= 11 is 3.35. The maximum absolute atomic E-state index is 11.4. The lowest BCUT2D eigenvalue weighted by Crippen LogP contribution is -2.12. The van der Waals surface area contributed by atoms with E-state index in [0.29, 0.717) is 22.6 Å². The van der Waals surface area contributed by atoms with Gasteiger partial charge in [-0.15, -0.1) is 0 Å². The Morgan fingerprint density at radius 2 is 1.95 bits per heavy atom. The summed E-state index contributed by atoms with van der Waals surface area (Å²) in [6.07, 6.45) is -0.682. The van der Waals surface area contributed by atoms with Crippen molar-refractivity contribution in [3.05, 3.63) is 58.1 Å². The van der Waals surface area contributed by atoms with Crippen LogP contribution in [0.2, 0.25) is 0 Å². The number of aliphatic hydroxyl groups excluding tert-OH is 1. The van der Waals surface area contributed by atoms with Crippen molar-refractivity contribution < 1.29 is 14.6 Å². The van der Waals surface area contributed by atoms with Crippen molar-refractivity contribution in [2.75, 3.05) is 0 Å². The number of carbonyl (C=O) groups excluding carboxylic acids is 1. The third-order valence-corrected chi connectivity index (χ3v) is 3.29. The highest BCUT2D eigenvalue weighted by Crippen LogP contribution is 2.33. The van der Waals surface area contributed by atoms with Crippen LogP contribution < -0.4 is 10.5 Å². The first-order chi connectivity index (χ1) is 9.49. The number of benzene rings is 2. The zero-order valence-electron chi connectivity index (χ0n) is 10.8. The Morgan fingerprint density at radius 1 is 1.25 bits per heavy atom. The standard InChI is InChI=1S/C15H14BrNO3/c1-9(18)11-7-6-10(16)8-14(11)20-13-5-3-2-4-12(13)15(17)19/h2-9,18H,1H3,(H2,17,19). The predicted molar refractivity (Wildman–Crippen MR) is 79.8 cm³/mol. The molecule has 4 nitrogen and oxygen atoms in total. The first kappa shape index (κ1) is 14.6. The minimum absolute atomic E-state index is 0.295. The average molecular weight is 336 g/mol. The molecule has 5 heteroatoms. The van der Waals surface area contributed by atoms with Crippen LogP contribution in [0.5, 0.6) is 11.5 Å². The van der Waals surface area contributed by atoms with Crippen LogP contribution in [0.15, 0.2) is 46.9 Å². The molecule has 0 aliphatic rings. The van der Waals surface area contributed by atoms with Gasteiger partial charge in [0.15, 0.2) is 0 Å². The number of hydrogen-bond donors (Lipinski definition) is 2. The fourth-order valence-electron chi connectivity index (χ4n) is 1.82. The van der Waals surface area contributed by atoms with Crippen molar-refractivity contribution >= 4 is 21.8 Å². The van der Waals surface area contributed by atoms with Crippen molar-refractivity contribution in [2.45, 2.75) is 13.0 Å². The Bertz CT molecular complexity index is 641. The van der Waals surface area contributed by atoms with E-state index in [1.165, 1.54) is 0 Å². The molecular formula is C15H14BrNO3. The normalized spacial score (nSPS) is 11.9. The Labute approximate surface area is 125 Å². The van der Waals surface area contributed by atoms with Crippen molar-refractivity contribution in [1.29, 1.82) is 0 Å². The van der Waals surface area contributed by atoms with Gasteiger partial charge >= 0.3 is 0 Å². The van der Waals surface area contributed by atoms with Crippen LogP contribution in [0.4, 0.5) is 0 Å². The number of halogens is 1. The van der Waals surface area contributed by atoms with Crippen LogP contribution in [0.3, 0.4) is 0 Å². The third-order valence-electron chi connectivity index (χ3n) is 2.80. The summed E-state index contributed by atoms with van der Waals surface area (Å²) in [6, 6.07) is 12.0. The Balaban J connectivity index is 2.45. The van der Waals surface area contributed by atoms with E-state index >= 15 is 0 Å². The van der Waals surface area contributed by atoms with Crippen LogP contribution in [0.1, 0.15) is 28.9 Å². The molecule has 0 radical (unpaired) electrons. The highest BCUT2D eigenvalue weighted by atomic mass is 79.9. The van der Waals surface area contributed by atoms with E-state index in [4.69, 9.17) is 10.5 Å².